The number of carbonyl (C=O) groups is 2. The molecule has 1 aliphatic heterocycles. The first-order valence-electron chi connectivity index (χ1n) is 3.49. The second-order valence-electron chi connectivity index (χ2n) is 2.82. The van der Waals surface area contributed by atoms with E-state index in [1.54, 1.807) is 0 Å². The molecular weight excluding hydrogens is 178 g/mol. The minimum atomic E-state index is -1.88. The Labute approximate surface area is 72.9 Å². The maximum atomic E-state index is 10.9. The van der Waals surface area contributed by atoms with Crippen molar-refractivity contribution >= 4 is 11.9 Å². The van der Waals surface area contributed by atoms with E-state index in [2.05, 4.69) is 14.8 Å². The summed E-state index contributed by atoms with van der Waals surface area (Å²) in [5.41, 5.74) is 6.10. The van der Waals surface area contributed by atoms with Gasteiger partial charge in [-0.1, -0.05) is 5.11 Å². The first kappa shape index (κ1) is 9.50. The molecule has 13 heavy (non-hydrogen) atoms. The molecule has 1 aliphatic rings. The van der Waals surface area contributed by atoms with Crippen LogP contribution in [0.3, 0.4) is 0 Å². The highest BCUT2D eigenvalue weighted by Crippen LogP contribution is 2.27. The molecule has 0 aliphatic carbocycles. The van der Waals surface area contributed by atoms with E-state index < -0.39 is 23.5 Å². The van der Waals surface area contributed by atoms with Crippen LogP contribution in [0.2, 0.25) is 0 Å². The molecule has 1 N–H and O–H groups in total. The average molecular weight is 185 g/mol. The number of hydrogen-bond acceptors (Lipinski definition) is 5. The lowest BCUT2D eigenvalue weighted by Crippen LogP contribution is -2.39. The summed E-state index contributed by atoms with van der Waals surface area (Å²) in [5, 5.41) is 12.5. The Morgan fingerprint density at radius 2 is 2.38 bits per heavy atom. The van der Waals surface area contributed by atoms with Crippen molar-refractivity contribution in [2.24, 2.45) is 11.0 Å². The fourth-order valence-corrected chi connectivity index (χ4v) is 1.01. The Morgan fingerprint density at radius 1 is 1.77 bits per heavy atom. The summed E-state index contributed by atoms with van der Waals surface area (Å²) in [5.74, 6) is -2.96. The molecule has 0 saturated carbocycles. The Kier molecular flexibility index (Phi) is 2.22. The fourth-order valence-electron chi connectivity index (χ4n) is 1.01. The standard InChI is InChI=1S/C6H7N3O4/c1-6(12)3(2-8-9-7)4(10)13-5(6)11/h3,12H,2H2,1H3. The van der Waals surface area contributed by atoms with Crippen LogP contribution in [0.25, 0.3) is 10.4 Å². The van der Waals surface area contributed by atoms with E-state index in [0.717, 1.165) is 6.92 Å². The molecule has 1 saturated heterocycles. The lowest BCUT2D eigenvalue weighted by molar-refractivity contribution is -0.157. The van der Waals surface area contributed by atoms with Crippen molar-refractivity contribution < 1.29 is 19.4 Å². The number of carbonyl (C=O) groups excluding carboxylic acids is 2. The molecule has 1 heterocycles. The fraction of sp³-hybridized carbons (Fsp3) is 0.667. The molecule has 70 valence electrons. The van der Waals surface area contributed by atoms with E-state index >= 15 is 0 Å². The largest absolute Gasteiger partial charge is 0.391 e. The Morgan fingerprint density at radius 3 is 2.77 bits per heavy atom. The molecule has 0 bridgehead atoms. The van der Waals surface area contributed by atoms with E-state index in [9.17, 15) is 14.7 Å². The predicted octanol–water partition coefficient (Wildman–Crippen LogP) is -0.253. The van der Waals surface area contributed by atoms with E-state index in [1.807, 2.05) is 0 Å². The number of azide groups is 1. The topological polar surface area (TPSA) is 112 Å². The summed E-state index contributed by atoms with van der Waals surface area (Å²) in [7, 11) is 0. The van der Waals surface area contributed by atoms with Gasteiger partial charge in [-0.3, -0.25) is 4.79 Å². The SMILES string of the molecule is CC1(O)C(=O)OC(=O)C1CN=[N+]=[N-]. The molecule has 1 fully saturated rings. The molecule has 0 radical (unpaired) electrons. The van der Waals surface area contributed by atoms with Gasteiger partial charge in [-0.05, 0) is 12.5 Å². The predicted molar refractivity (Wildman–Crippen MR) is 39.2 cm³/mol. The van der Waals surface area contributed by atoms with Crippen molar-refractivity contribution in [2.45, 2.75) is 12.5 Å². The van der Waals surface area contributed by atoms with Crippen molar-refractivity contribution in [1.82, 2.24) is 0 Å². The molecule has 2 unspecified atom stereocenters. The van der Waals surface area contributed by atoms with Crippen LogP contribution in [-0.4, -0.2) is 29.2 Å². The number of rotatable bonds is 2. The summed E-state index contributed by atoms with van der Waals surface area (Å²) in [6.07, 6.45) is 0. The van der Waals surface area contributed by atoms with Crippen molar-refractivity contribution in [2.75, 3.05) is 6.54 Å². The summed E-state index contributed by atoms with van der Waals surface area (Å²) < 4.78 is 4.17. The third-order valence-corrected chi connectivity index (χ3v) is 1.90. The number of ether oxygens (including phenoxy) is 1. The molecule has 0 aromatic carbocycles. The van der Waals surface area contributed by atoms with Gasteiger partial charge in [0, 0.05) is 11.5 Å². The van der Waals surface area contributed by atoms with Crippen molar-refractivity contribution in [3.05, 3.63) is 10.4 Å². The Bertz CT molecular complexity index is 305. The summed E-state index contributed by atoms with van der Waals surface area (Å²) in [4.78, 5) is 24.2. The van der Waals surface area contributed by atoms with Crippen LogP contribution in [0.15, 0.2) is 5.11 Å². The van der Waals surface area contributed by atoms with E-state index in [0.29, 0.717) is 0 Å². The summed E-state index contributed by atoms with van der Waals surface area (Å²) in [6, 6.07) is 0. The van der Waals surface area contributed by atoms with Gasteiger partial charge in [-0.15, -0.1) is 0 Å². The van der Waals surface area contributed by atoms with Gasteiger partial charge in [0.1, 0.15) is 5.92 Å². The monoisotopic (exact) mass is 185 g/mol. The summed E-state index contributed by atoms with van der Waals surface area (Å²) in [6.45, 7) is 0.867. The zero-order valence-corrected chi connectivity index (χ0v) is 6.80. The summed E-state index contributed by atoms with van der Waals surface area (Å²) >= 11 is 0. The number of esters is 2. The van der Waals surface area contributed by atoms with Gasteiger partial charge in [-0.2, -0.15) is 0 Å². The molecule has 0 amide bonds. The highest BCUT2D eigenvalue weighted by Gasteiger charge is 2.52. The molecule has 7 heteroatoms. The zero-order valence-electron chi connectivity index (χ0n) is 6.80. The second kappa shape index (κ2) is 3.04. The maximum absolute atomic E-state index is 10.9. The molecule has 1 rings (SSSR count). The maximum Gasteiger partial charge on any atom is 0.346 e. The van der Waals surface area contributed by atoms with Crippen LogP contribution in [0.1, 0.15) is 6.92 Å². The molecule has 0 spiro atoms. The number of aliphatic hydroxyl groups is 1. The van der Waals surface area contributed by atoms with Crippen molar-refractivity contribution in [3.63, 3.8) is 0 Å². The van der Waals surface area contributed by atoms with Crippen LogP contribution in [0.5, 0.6) is 0 Å². The lowest BCUT2D eigenvalue weighted by atomic mass is 9.92. The first-order valence-corrected chi connectivity index (χ1v) is 3.49. The van der Waals surface area contributed by atoms with Crippen molar-refractivity contribution in [1.29, 1.82) is 0 Å². The van der Waals surface area contributed by atoms with E-state index in [4.69, 9.17) is 5.53 Å². The van der Waals surface area contributed by atoms with Gasteiger partial charge in [0.2, 0.25) is 0 Å². The molecule has 7 nitrogen and oxygen atoms in total. The number of nitrogens with zero attached hydrogens (tertiary/aromatic N) is 3. The molecular formula is C6H7N3O4. The van der Waals surface area contributed by atoms with Crippen LogP contribution in [-0.2, 0) is 14.3 Å². The van der Waals surface area contributed by atoms with Gasteiger partial charge < -0.3 is 9.84 Å². The van der Waals surface area contributed by atoms with E-state index in [1.165, 1.54) is 0 Å². The smallest absolute Gasteiger partial charge is 0.346 e. The average Bonchev–Trinajstić information content (AvgIpc) is 2.21. The molecule has 0 aromatic heterocycles. The van der Waals surface area contributed by atoms with Gasteiger partial charge in [-0.25, -0.2) is 4.79 Å². The minimum Gasteiger partial charge on any atom is -0.391 e. The third kappa shape index (κ3) is 1.47. The molecule has 0 aromatic rings. The normalized spacial score (nSPS) is 32.6. The number of cyclic esters (lactones) is 2. The van der Waals surface area contributed by atoms with Crippen molar-refractivity contribution in [3.8, 4) is 0 Å². The van der Waals surface area contributed by atoms with Crippen LogP contribution in [0, 0.1) is 5.92 Å². The van der Waals surface area contributed by atoms with Gasteiger partial charge >= 0.3 is 11.9 Å². The highest BCUT2D eigenvalue weighted by molar-refractivity contribution is 6.00. The van der Waals surface area contributed by atoms with E-state index in [-0.39, 0.29) is 6.54 Å². The van der Waals surface area contributed by atoms with Gasteiger partial charge in [0.25, 0.3) is 0 Å². The molecule has 2 atom stereocenters. The van der Waals surface area contributed by atoms with Crippen LogP contribution in [0.4, 0.5) is 0 Å². The first-order chi connectivity index (χ1) is 6.00. The third-order valence-electron chi connectivity index (χ3n) is 1.90. The van der Waals surface area contributed by atoms with Gasteiger partial charge in [0.15, 0.2) is 5.60 Å². The van der Waals surface area contributed by atoms with Gasteiger partial charge in [0.05, 0.1) is 0 Å². The second-order valence-corrected chi connectivity index (χ2v) is 2.82. The quantitative estimate of drug-likeness (QED) is 0.210. The number of hydrogen-bond donors (Lipinski definition) is 1. The Balaban J connectivity index is 2.88. The lowest BCUT2D eigenvalue weighted by Gasteiger charge is -2.15. The highest BCUT2D eigenvalue weighted by atomic mass is 16.6. The minimum absolute atomic E-state index is 0.284. The van der Waals surface area contributed by atoms with Crippen LogP contribution >= 0.6 is 0 Å². The Hall–Kier alpha value is -1.59. The van der Waals surface area contributed by atoms with Crippen LogP contribution < -0.4 is 0 Å². The zero-order chi connectivity index (χ0) is 10.1.